The van der Waals surface area contributed by atoms with Gasteiger partial charge in [0.25, 0.3) is 0 Å². The van der Waals surface area contributed by atoms with Crippen LogP contribution in [-0.4, -0.2) is 20.6 Å². The van der Waals surface area contributed by atoms with Gasteiger partial charge in [-0.05, 0) is 18.2 Å². The Morgan fingerprint density at radius 2 is 1.50 bits per heavy atom. The SMILES string of the molecule is C[Si](C)(C)C#Cc1cc(C=O)cc(C=O)c1. The molecule has 0 unspecified atom stereocenters. The van der Waals surface area contributed by atoms with Gasteiger partial charge >= 0.3 is 0 Å². The monoisotopic (exact) mass is 230 g/mol. The van der Waals surface area contributed by atoms with Gasteiger partial charge in [-0.25, -0.2) is 0 Å². The molecule has 0 fully saturated rings. The van der Waals surface area contributed by atoms with Crippen molar-refractivity contribution in [3.8, 4) is 11.5 Å². The molecular weight excluding hydrogens is 216 g/mol. The Labute approximate surface area is 96.7 Å². The van der Waals surface area contributed by atoms with E-state index in [1.54, 1.807) is 18.2 Å². The second-order valence-corrected chi connectivity index (χ2v) is 9.37. The van der Waals surface area contributed by atoms with E-state index in [-0.39, 0.29) is 0 Å². The highest BCUT2D eigenvalue weighted by Crippen LogP contribution is 2.07. The summed E-state index contributed by atoms with van der Waals surface area (Å²) in [4.78, 5) is 21.3. The van der Waals surface area contributed by atoms with E-state index in [1.807, 2.05) is 0 Å². The molecule has 0 aliphatic rings. The quantitative estimate of drug-likeness (QED) is 0.444. The first kappa shape index (κ1) is 12.4. The molecule has 0 radical (unpaired) electrons. The maximum atomic E-state index is 10.7. The molecule has 0 N–H and O–H groups in total. The molecule has 2 nitrogen and oxygen atoms in total. The van der Waals surface area contributed by atoms with Gasteiger partial charge in [0.2, 0.25) is 0 Å². The molecule has 1 aromatic carbocycles. The van der Waals surface area contributed by atoms with Crippen LogP contribution in [0.4, 0.5) is 0 Å². The lowest BCUT2D eigenvalue weighted by atomic mass is 10.1. The Morgan fingerprint density at radius 3 is 1.88 bits per heavy atom. The Balaban J connectivity index is 3.17. The van der Waals surface area contributed by atoms with E-state index < -0.39 is 8.07 Å². The third-order valence-electron chi connectivity index (χ3n) is 1.83. The normalized spacial score (nSPS) is 10.2. The molecule has 1 rings (SSSR count). The molecule has 0 atom stereocenters. The standard InChI is InChI=1S/C13H14O2Si/c1-16(2,3)5-4-11-6-12(9-14)8-13(7-11)10-15/h6-10H,1-3H3. The van der Waals surface area contributed by atoms with Gasteiger partial charge in [-0.1, -0.05) is 25.6 Å². The van der Waals surface area contributed by atoms with E-state index in [9.17, 15) is 9.59 Å². The van der Waals surface area contributed by atoms with Crippen molar-refractivity contribution in [3.05, 3.63) is 34.9 Å². The summed E-state index contributed by atoms with van der Waals surface area (Å²) < 4.78 is 0. The number of benzene rings is 1. The van der Waals surface area contributed by atoms with E-state index in [0.717, 1.165) is 18.1 Å². The van der Waals surface area contributed by atoms with E-state index in [4.69, 9.17) is 0 Å². The summed E-state index contributed by atoms with van der Waals surface area (Å²) in [6.45, 7) is 6.43. The molecule has 0 aliphatic heterocycles. The van der Waals surface area contributed by atoms with Crippen LogP contribution in [0.25, 0.3) is 0 Å². The molecule has 0 aromatic heterocycles. The fraction of sp³-hybridized carbons (Fsp3) is 0.231. The van der Waals surface area contributed by atoms with Crippen LogP contribution in [0, 0.1) is 11.5 Å². The number of carbonyl (C=O) groups is 2. The number of hydrogen-bond donors (Lipinski definition) is 0. The van der Waals surface area contributed by atoms with Gasteiger partial charge in [0.05, 0.1) is 0 Å². The van der Waals surface area contributed by atoms with Crippen molar-refractivity contribution in [2.45, 2.75) is 19.6 Å². The maximum Gasteiger partial charge on any atom is 0.150 e. The lowest BCUT2D eigenvalue weighted by Crippen LogP contribution is -2.16. The van der Waals surface area contributed by atoms with Gasteiger partial charge in [-0.3, -0.25) is 9.59 Å². The van der Waals surface area contributed by atoms with Crippen LogP contribution in [0.15, 0.2) is 18.2 Å². The molecule has 0 saturated carbocycles. The Kier molecular flexibility index (Phi) is 3.81. The Bertz CT molecular complexity index is 447. The Morgan fingerprint density at radius 1 is 1.00 bits per heavy atom. The summed E-state index contributed by atoms with van der Waals surface area (Å²) in [5, 5.41) is 0. The van der Waals surface area contributed by atoms with Gasteiger partial charge in [-0.2, -0.15) is 0 Å². The number of hydrogen-bond acceptors (Lipinski definition) is 2. The molecule has 1 aromatic rings. The zero-order valence-electron chi connectivity index (χ0n) is 9.70. The molecule has 0 spiro atoms. The van der Waals surface area contributed by atoms with Gasteiger partial charge in [0.1, 0.15) is 20.6 Å². The minimum absolute atomic E-state index is 0.490. The third-order valence-corrected chi connectivity index (χ3v) is 2.71. The van der Waals surface area contributed by atoms with Crippen LogP contribution in [0.2, 0.25) is 19.6 Å². The maximum absolute atomic E-state index is 10.7. The van der Waals surface area contributed by atoms with Crippen LogP contribution >= 0.6 is 0 Å². The smallest absolute Gasteiger partial charge is 0.150 e. The van der Waals surface area contributed by atoms with Gasteiger partial charge in [0, 0.05) is 16.7 Å². The van der Waals surface area contributed by atoms with Crippen LogP contribution in [-0.2, 0) is 0 Å². The van der Waals surface area contributed by atoms with Crippen molar-refractivity contribution in [2.24, 2.45) is 0 Å². The largest absolute Gasteiger partial charge is 0.298 e. The van der Waals surface area contributed by atoms with Crippen LogP contribution < -0.4 is 0 Å². The van der Waals surface area contributed by atoms with Crippen molar-refractivity contribution in [2.75, 3.05) is 0 Å². The van der Waals surface area contributed by atoms with Crippen LogP contribution in [0.1, 0.15) is 26.3 Å². The van der Waals surface area contributed by atoms with Gasteiger partial charge in [-0.15, -0.1) is 5.54 Å². The highest BCUT2D eigenvalue weighted by atomic mass is 28.3. The van der Waals surface area contributed by atoms with Gasteiger partial charge in [0.15, 0.2) is 0 Å². The first-order valence-electron chi connectivity index (χ1n) is 5.03. The van der Waals surface area contributed by atoms with E-state index >= 15 is 0 Å². The summed E-state index contributed by atoms with van der Waals surface area (Å²) in [7, 11) is -1.43. The summed E-state index contributed by atoms with van der Waals surface area (Å²) in [6.07, 6.45) is 1.46. The fourth-order valence-corrected chi connectivity index (χ4v) is 1.66. The first-order valence-corrected chi connectivity index (χ1v) is 8.53. The minimum Gasteiger partial charge on any atom is -0.298 e. The lowest BCUT2D eigenvalue weighted by molar-refractivity contribution is 0.112. The molecule has 0 amide bonds. The number of aldehydes is 2. The van der Waals surface area contributed by atoms with Crippen LogP contribution in [0.5, 0.6) is 0 Å². The number of rotatable bonds is 2. The topological polar surface area (TPSA) is 34.1 Å². The molecule has 0 bridgehead atoms. The molecule has 0 aliphatic carbocycles. The van der Waals surface area contributed by atoms with Crippen molar-refractivity contribution in [3.63, 3.8) is 0 Å². The molecular formula is C13H14O2Si. The summed E-state index contributed by atoms with van der Waals surface area (Å²) in [5.74, 6) is 3.03. The second-order valence-electron chi connectivity index (χ2n) is 4.62. The molecule has 16 heavy (non-hydrogen) atoms. The summed E-state index contributed by atoms with van der Waals surface area (Å²) in [6, 6.07) is 4.96. The fourth-order valence-electron chi connectivity index (χ4n) is 1.14. The van der Waals surface area contributed by atoms with Crippen molar-refractivity contribution < 1.29 is 9.59 Å². The first-order chi connectivity index (χ1) is 7.44. The zero-order valence-corrected chi connectivity index (χ0v) is 10.7. The molecule has 3 heteroatoms. The van der Waals surface area contributed by atoms with Crippen molar-refractivity contribution in [1.29, 1.82) is 0 Å². The molecule has 0 heterocycles. The highest BCUT2D eigenvalue weighted by Gasteiger charge is 2.07. The Hall–Kier alpha value is -1.66. The predicted molar refractivity (Wildman–Crippen MR) is 67.4 cm³/mol. The average molecular weight is 230 g/mol. The van der Waals surface area contributed by atoms with Crippen LogP contribution in [0.3, 0.4) is 0 Å². The number of carbonyl (C=O) groups excluding carboxylic acids is 2. The van der Waals surface area contributed by atoms with Crippen molar-refractivity contribution in [1.82, 2.24) is 0 Å². The molecule has 82 valence electrons. The minimum atomic E-state index is -1.43. The lowest BCUT2D eigenvalue weighted by Gasteiger charge is -2.03. The van der Waals surface area contributed by atoms with Gasteiger partial charge < -0.3 is 0 Å². The van der Waals surface area contributed by atoms with E-state index in [0.29, 0.717) is 11.1 Å². The summed E-state index contributed by atoms with van der Waals surface area (Å²) in [5.41, 5.74) is 4.91. The van der Waals surface area contributed by atoms with Crippen molar-refractivity contribution >= 4 is 20.6 Å². The summed E-state index contributed by atoms with van der Waals surface area (Å²) >= 11 is 0. The van der Waals surface area contributed by atoms with E-state index in [1.165, 1.54) is 0 Å². The molecule has 0 saturated heterocycles. The second kappa shape index (κ2) is 4.91. The van der Waals surface area contributed by atoms with E-state index in [2.05, 4.69) is 31.1 Å². The highest BCUT2D eigenvalue weighted by molar-refractivity contribution is 6.83. The third kappa shape index (κ3) is 3.83. The average Bonchev–Trinajstić information content (AvgIpc) is 2.25. The predicted octanol–water partition coefficient (Wildman–Crippen LogP) is 2.54. The zero-order chi connectivity index (χ0) is 12.2.